The Kier molecular flexibility index (Phi) is 4.95. The number of carbonyl (C=O) groups excluding carboxylic acids is 2. The van der Waals surface area contributed by atoms with Crippen molar-refractivity contribution >= 4 is 66.6 Å². The molecule has 2 aromatic carbocycles. The number of carbonyl (C=O) groups is 2. The fourth-order valence-electron chi connectivity index (χ4n) is 5.07. The summed E-state index contributed by atoms with van der Waals surface area (Å²) in [7, 11) is 0. The zero-order valence-corrected chi connectivity index (χ0v) is 19.9. The standard InChI is InChI=1S/C27H24O2S2/c1-14-8-24-22(10-18(14)12-28)26(16(3)30-24)20-6-5-7-21(20)27-17(4)31-25-9-15(2)19(13-29)11-23(25)27/h8-13H,5-7H2,1-4H3. The molecule has 2 aromatic heterocycles. The highest BCUT2D eigenvalue weighted by Crippen LogP contribution is 2.49. The van der Waals surface area contributed by atoms with Crippen LogP contribution in [0.3, 0.4) is 0 Å². The third-order valence-corrected chi connectivity index (χ3v) is 8.72. The molecule has 0 atom stereocenters. The molecule has 1 aliphatic rings. The molecule has 2 nitrogen and oxygen atoms in total. The van der Waals surface area contributed by atoms with Gasteiger partial charge in [-0.2, -0.15) is 0 Å². The van der Waals surface area contributed by atoms with E-state index in [1.54, 1.807) is 0 Å². The van der Waals surface area contributed by atoms with Gasteiger partial charge in [-0.25, -0.2) is 0 Å². The maximum Gasteiger partial charge on any atom is 0.150 e. The van der Waals surface area contributed by atoms with E-state index in [4.69, 9.17) is 0 Å². The van der Waals surface area contributed by atoms with Crippen LogP contribution >= 0.6 is 22.7 Å². The van der Waals surface area contributed by atoms with Gasteiger partial charge in [-0.1, -0.05) is 0 Å². The van der Waals surface area contributed by atoms with Gasteiger partial charge in [0.25, 0.3) is 0 Å². The Labute approximate surface area is 190 Å². The molecule has 0 N–H and O–H groups in total. The molecule has 0 radical (unpaired) electrons. The Morgan fingerprint density at radius 3 is 1.48 bits per heavy atom. The largest absolute Gasteiger partial charge is 0.298 e. The zero-order valence-electron chi connectivity index (χ0n) is 18.2. The number of hydrogen-bond donors (Lipinski definition) is 0. The van der Waals surface area contributed by atoms with Gasteiger partial charge in [-0.3, -0.25) is 9.59 Å². The molecule has 0 fully saturated rings. The summed E-state index contributed by atoms with van der Waals surface area (Å²) in [6, 6.07) is 8.46. The van der Waals surface area contributed by atoms with Crippen LogP contribution in [-0.2, 0) is 0 Å². The molecule has 2 heterocycles. The van der Waals surface area contributed by atoms with Crippen LogP contribution in [0.4, 0.5) is 0 Å². The molecular weight excluding hydrogens is 420 g/mol. The highest BCUT2D eigenvalue weighted by atomic mass is 32.1. The van der Waals surface area contributed by atoms with Crippen LogP contribution in [0.25, 0.3) is 31.3 Å². The fraction of sp³-hybridized carbons (Fsp3) is 0.259. The summed E-state index contributed by atoms with van der Waals surface area (Å²) in [5.41, 5.74) is 9.08. The molecule has 0 aliphatic heterocycles. The summed E-state index contributed by atoms with van der Waals surface area (Å²) in [6.07, 6.45) is 5.17. The zero-order chi connectivity index (χ0) is 21.9. The highest BCUT2D eigenvalue weighted by molar-refractivity contribution is 7.19. The number of fused-ring (bicyclic) bond motifs is 2. The molecule has 0 saturated heterocycles. The van der Waals surface area contributed by atoms with E-state index in [9.17, 15) is 9.59 Å². The number of hydrogen-bond acceptors (Lipinski definition) is 4. The molecule has 31 heavy (non-hydrogen) atoms. The molecule has 0 amide bonds. The van der Waals surface area contributed by atoms with Gasteiger partial charge >= 0.3 is 0 Å². The van der Waals surface area contributed by atoms with Crippen LogP contribution in [-0.4, -0.2) is 12.6 Å². The van der Waals surface area contributed by atoms with E-state index >= 15 is 0 Å². The second-order valence-corrected chi connectivity index (χ2v) is 11.0. The lowest BCUT2D eigenvalue weighted by atomic mass is 9.92. The average molecular weight is 445 g/mol. The maximum atomic E-state index is 11.6. The summed E-state index contributed by atoms with van der Waals surface area (Å²) in [4.78, 5) is 25.8. The quantitative estimate of drug-likeness (QED) is 0.298. The maximum absolute atomic E-state index is 11.6. The van der Waals surface area contributed by atoms with Gasteiger partial charge in [0.1, 0.15) is 12.6 Å². The molecule has 156 valence electrons. The lowest BCUT2D eigenvalue weighted by Gasteiger charge is -2.11. The van der Waals surface area contributed by atoms with Crippen molar-refractivity contribution in [1.82, 2.24) is 0 Å². The number of rotatable bonds is 4. The minimum absolute atomic E-state index is 0.773. The van der Waals surface area contributed by atoms with E-state index in [-0.39, 0.29) is 0 Å². The Balaban J connectivity index is 1.81. The first-order valence-corrected chi connectivity index (χ1v) is 12.3. The van der Waals surface area contributed by atoms with Crippen LogP contribution in [0.15, 0.2) is 24.3 Å². The summed E-state index contributed by atoms with van der Waals surface area (Å²) in [5.74, 6) is 0. The van der Waals surface area contributed by atoms with Gasteiger partial charge in [0.15, 0.2) is 0 Å². The van der Waals surface area contributed by atoms with Crippen molar-refractivity contribution in [2.45, 2.75) is 47.0 Å². The van der Waals surface area contributed by atoms with Crippen molar-refractivity contribution in [1.29, 1.82) is 0 Å². The Bertz CT molecular complexity index is 1320. The molecule has 4 heteroatoms. The van der Waals surface area contributed by atoms with Gasteiger partial charge < -0.3 is 0 Å². The monoisotopic (exact) mass is 444 g/mol. The van der Waals surface area contributed by atoms with E-state index in [0.717, 1.165) is 54.1 Å². The molecule has 5 rings (SSSR count). The summed E-state index contributed by atoms with van der Waals surface area (Å²) >= 11 is 3.64. The Morgan fingerprint density at radius 1 is 0.677 bits per heavy atom. The minimum Gasteiger partial charge on any atom is -0.298 e. The van der Waals surface area contributed by atoms with Crippen molar-refractivity contribution in [3.8, 4) is 0 Å². The smallest absolute Gasteiger partial charge is 0.150 e. The predicted octanol–water partition coefficient (Wildman–Crippen LogP) is 8.07. The topological polar surface area (TPSA) is 34.1 Å². The lowest BCUT2D eigenvalue weighted by Crippen LogP contribution is -1.91. The van der Waals surface area contributed by atoms with Gasteiger partial charge in [0.05, 0.1) is 0 Å². The third-order valence-electron chi connectivity index (χ3n) is 6.58. The molecule has 0 saturated carbocycles. The molecule has 0 bridgehead atoms. The van der Waals surface area contributed by atoms with Gasteiger partial charge in [0.2, 0.25) is 0 Å². The Hall–Kier alpha value is -2.56. The van der Waals surface area contributed by atoms with Crippen molar-refractivity contribution in [2.24, 2.45) is 0 Å². The number of aldehydes is 2. The molecular formula is C27H24O2S2. The van der Waals surface area contributed by atoms with E-state index in [0.29, 0.717) is 0 Å². The number of benzene rings is 2. The van der Waals surface area contributed by atoms with E-state index in [1.807, 2.05) is 36.5 Å². The number of allylic oxidation sites excluding steroid dienone is 2. The second kappa shape index (κ2) is 7.54. The first kappa shape index (κ1) is 20.3. The van der Waals surface area contributed by atoms with Crippen LogP contribution in [0.2, 0.25) is 0 Å². The normalized spacial score (nSPS) is 14.2. The van der Waals surface area contributed by atoms with Crippen LogP contribution in [0, 0.1) is 27.7 Å². The fourth-order valence-corrected chi connectivity index (χ4v) is 7.41. The molecule has 0 spiro atoms. The van der Waals surface area contributed by atoms with Crippen LogP contribution in [0.1, 0.15) is 72.0 Å². The second-order valence-electron chi connectivity index (χ2n) is 8.52. The van der Waals surface area contributed by atoms with Crippen molar-refractivity contribution in [3.05, 3.63) is 67.4 Å². The van der Waals surface area contributed by atoms with Crippen LogP contribution in [0.5, 0.6) is 0 Å². The van der Waals surface area contributed by atoms with E-state index < -0.39 is 0 Å². The number of aryl methyl sites for hydroxylation is 4. The minimum atomic E-state index is 0.773. The summed E-state index contributed by atoms with van der Waals surface area (Å²) < 4.78 is 2.50. The lowest BCUT2D eigenvalue weighted by molar-refractivity contribution is 0.111. The van der Waals surface area contributed by atoms with Crippen molar-refractivity contribution in [3.63, 3.8) is 0 Å². The first-order valence-electron chi connectivity index (χ1n) is 10.6. The van der Waals surface area contributed by atoms with Gasteiger partial charge in [-0.05, 0) is 105 Å². The molecule has 4 aromatic rings. The van der Waals surface area contributed by atoms with Crippen LogP contribution < -0.4 is 0 Å². The first-order chi connectivity index (χ1) is 14.9. The Morgan fingerprint density at radius 2 is 1.10 bits per heavy atom. The van der Waals surface area contributed by atoms with Crippen molar-refractivity contribution < 1.29 is 9.59 Å². The summed E-state index contributed by atoms with van der Waals surface area (Å²) in [5, 5.41) is 2.40. The van der Waals surface area contributed by atoms with E-state index in [1.165, 1.54) is 52.2 Å². The van der Waals surface area contributed by atoms with E-state index in [2.05, 4.69) is 38.1 Å². The SMILES string of the molecule is Cc1cc2sc(C)c(C3=C(c4c(C)sc5cc(C)c(C=O)cc45)CCC3)c2cc1C=O. The summed E-state index contributed by atoms with van der Waals surface area (Å²) in [6.45, 7) is 8.41. The van der Waals surface area contributed by atoms with Crippen molar-refractivity contribution in [2.75, 3.05) is 0 Å². The van der Waals surface area contributed by atoms with Gasteiger partial charge in [-0.15, -0.1) is 22.7 Å². The molecule has 0 unspecified atom stereocenters. The molecule has 1 aliphatic carbocycles. The predicted molar refractivity (Wildman–Crippen MR) is 134 cm³/mol. The highest BCUT2D eigenvalue weighted by Gasteiger charge is 2.26. The van der Waals surface area contributed by atoms with Gasteiger partial charge in [0, 0.05) is 41.1 Å². The average Bonchev–Trinajstić information content (AvgIpc) is 3.40. The number of thiophene rings is 2. The third kappa shape index (κ3) is 3.12.